The maximum absolute atomic E-state index is 12.7. The fourth-order valence-electron chi connectivity index (χ4n) is 0.914. The minimum absolute atomic E-state index is 0.138. The maximum Gasteiger partial charge on any atom is 0.512 e. The third kappa shape index (κ3) is 1.81. The normalized spacial score (nSPS) is 11.8. The van der Waals surface area contributed by atoms with Crippen molar-refractivity contribution in [3.8, 4) is 0 Å². The van der Waals surface area contributed by atoms with Crippen LogP contribution in [0, 0.1) is 18.6 Å². The number of rotatable bonds is 1. The molecule has 0 fully saturated rings. The lowest BCUT2D eigenvalue weighted by molar-refractivity contribution is 0.476. The molecule has 0 aliphatic rings. The first-order chi connectivity index (χ1) is 5.84. The molecule has 0 heterocycles. The Morgan fingerprint density at radius 3 is 2.00 bits per heavy atom. The summed E-state index contributed by atoms with van der Waals surface area (Å²) in [5, 5.41) is 0. The fraction of sp³-hybridized carbons (Fsp3) is 0.143. The average molecular weight is 195 g/mol. The van der Waals surface area contributed by atoms with Crippen molar-refractivity contribution in [2.75, 3.05) is 0 Å². The molecule has 0 radical (unpaired) electrons. The van der Waals surface area contributed by atoms with Gasteiger partial charge in [-0.1, -0.05) is 17.6 Å². The summed E-state index contributed by atoms with van der Waals surface area (Å²) < 4.78 is 61.4. The van der Waals surface area contributed by atoms with Crippen LogP contribution in [0.2, 0.25) is 0 Å². The van der Waals surface area contributed by atoms with Gasteiger partial charge in [-0.25, -0.2) is 8.78 Å². The first kappa shape index (κ1) is 10.0. The Bertz CT molecular complexity index is 330. The van der Waals surface area contributed by atoms with Crippen LogP contribution >= 0.6 is 0 Å². The van der Waals surface area contributed by atoms with Gasteiger partial charge in [-0.05, 0) is 12.5 Å². The van der Waals surface area contributed by atoms with Crippen LogP contribution in [0.3, 0.4) is 0 Å². The fourth-order valence-corrected chi connectivity index (χ4v) is 0.914. The molecule has 0 unspecified atom stereocenters. The number of hydrogen-bond donors (Lipinski definition) is 0. The van der Waals surface area contributed by atoms with Crippen molar-refractivity contribution >= 4 is 12.4 Å². The highest BCUT2D eigenvalue weighted by molar-refractivity contribution is 6.73. The van der Waals surface area contributed by atoms with Crippen molar-refractivity contribution in [3.63, 3.8) is 0 Å². The quantitative estimate of drug-likeness (QED) is 0.476. The summed E-state index contributed by atoms with van der Waals surface area (Å²) >= 11 is 0. The zero-order chi connectivity index (χ0) is 10.2. The van der Waals surface area contributed by atoms with E-state index in [-0.39, 0.29) is 5.56 Å². The second-order valence-corrected chi connectivity index (χ2v) is 2.67. The standard InChI is InChI=1S/C7H5BF5/c1-4-2-3-5(8(11,12)13)7(10)6(4)9/h2-3H,1H3/q-1. The van der Waals surface area contributed by atoms with E-state index in [1.165, 1.54) is 6.92 Å². The minimum atomic E-state index is -5.48. The van der Waals surface area contributed by atoms with Crippen molar-refractivity contribution in [2.45, 2.75) is 6.92 Å². The average Bonchev–Trinajstić information content (AvgIpc) is 1.98. The van der Waals surface area contributed by atoms with Crippen LogP contribution in [0.1, 0.15) is 5.56 Å². The van der Waals surface area contributed by atoms with Crippen LogP contribution < -0.4 is 5.46 Å². The van der Waals surface area contributed by atoms with Gasteiger partial charge in [0.25, 0.3) is 0 Å². The van der Waals surface area contributed by atoms with Gasteiger partial charge < -0.3 is 12.9 Å². The third-order valence-electron chi connectivity index (χ3n) is 1.66. The second-order valence-electron chi connectivity index (χ2n) is 2.67. The molecule has 0 saturated heterocycles. The van der Waals surface area contributed by atoms with Crippen LogP contribution in [0.4, 0.5) is 21.7 Å². The monoisotopic (exact) mass is 195 g/mol. The Balaban J connectivity index is 3.35. The van der Waals surface area contributed by atoms with E-state index < -0.39 is 24.1 Å². The summed E-state index contributed by atoms with van der Waals surface area (Å²) in [5.74, 6) is -3.25. The molecule has 0 bridgehead atoms. The predicted molar refractivity (Wildman–Crippen MR) is 39.8 cm³/mol. The van der Waals surface area contributed by atoms with Gasteiger partial charge in [0.15, 0.2) is 5.82 Å². The van der Waals surface area contributed by atoms with Crippen molar-refractivity contribution in [3.05, 3.63) is 29.3 Å². The molecule has 13 heavy (non-hydrogen) atoms. The Hall–Kier alpha value is -1.07. The molecule has 0 amide bonds. The summed E-state index contributed by atoms with van der Waals surface area (Å²) in [6.45, 7) is -4.28. The topological polar surface area (TPSA) is 0 Å². The highest BCUT2D eigenvalue weighted by atomic mass is 19.4. The van der Waals surface area contributed by atoms with Crippen LogP contribution in [0.15, 0.2) is 12.1 Å². The van der Waals surface area contributed by atoms with Gasteiger partial charge in [0.2, 0.25) is 0 Å². The molecule has 1 aromatic rings. The third-order valence-corrected chi connectivity index (χ3v) is 1.66. The molecular weight excluding hydrogens is 190 g/mol. The highest BCUT2D eigenvalue weighted by Crippen LogP contribution is 2.15. The van der Waals surface area contributed by atoms with Crippen LogP contribution in [0.25, 0.3) is 0 Å². The van der Waals surface area contributed by atoms with Gasteiger partial charge >= 0.3 is 6.98 Å². The lowest BCUT2D eigenvalue weighted by Gasteiger charge is -2.16. The Kier molecular flexibility index (Phi) is 2.32. The maximum atomic E-state index is 12.7. The van der Waals surface area contributed by atoms with Crippen molar-refractivity contribution < 1.29 is 21.7 Å². The van der Waals surface area contributed by atoms with E-state index in [9.17, 15) is 21.7 Å². The molecule has 0 aromatic heterocycles. The molecule has 6 heteroatoms. The van der Waals surface area contributed by atoms with Gasteiger partial charge in [-0.3, -0.25) is 0 Å². The zero-order valence-corrected chi connectivity index (χ0v) is 6.62. The summed E-state index contributed by atoms with van der Waals surface area (Å²) in [7, 11) is 0. The molecule has 0 saturated carbocycles. The summed E-state index contributed by atoms with van der Waals surface area (Å²) in [4.78, 5) is 0. The number of benzene rings is 1. The lowest BCUT2D eigenvalue weighted by Crippen LogP contribution is -2.37. The van der Waals surface area contributed by atoms with E-state index in [1.54, 1.807) is 0 Å². The Labute approximate surface area is 71.4 Å². The predicted octanol–water partition coefficient (Wildman–Crippen LogP) is 2.33. The lowest BCUT2D eigenvalue weighted by atomic mass is 9.79. The summed E-state index contributed by atoms with van der Waals surface area (Å²) in [6.07, 6.45) is 0. The molecular formula is C7H5BF5-. The van der Waals surface area contributed by atoms with Gasteiger partial charge in [0.1, 0.15) is 5.82 Å². The van der Waals surface area contributed by atoms with E-state index in [4.69, 9.17) is 0 Å². The van der Waals surface area contributed by atoms with Crippen LogP contribution in [0.5, 0.6) is 0 Å². The van der Waals surface area contributed by atoms with Crippen LogP contribution in [-0.2, 0) is 0 Å². The minimum Gasteiger partial charge on any atom is -0.445 e. The molecule has 72 valence electrons. The second kappa shape index (κ2) is 3.01. The Morgan fingerprint density at radius 1 is 1.00 bits per heavy atom. The molecule has 0 aliphatic carbocycles. The van der Waals surface area contributed by atoms with E-state index in [0.29, 0.717) is 6.07 Å². The van der Waals surface area contributed by atoms with E-state index >= 15 is 0 Å². The molecule has 0 N–H and O–H groups in total. The van der Waals surface area contributed by atoms with Gasteiger partial charge in [0, 0.05) is 0 Å². The molecule has 0 aliphatic heterocycles. The summed E-state index contributed by atoms with van der Waals surface area (Å²) in [6, 6.07) is 1.46. The summed E-state index contributed by atoms with van der Waals surface area (Å²) in [5.41, 5.74) is -1.65. The van der Waals surface area contributed by atoms with Gasteiger partial charge in [0.05, 0.1) is 0 Å². The molecule has 0 spiro atoms. The largest absolute Gasteiger partial charge is 0.512 e. The van der Waals surface area contributed by atoms with Gasteiger partial charge in [-0.15, -0.1) is 0 Å². The van der Waals surface area contributed by atoms with E-state index in [2.05, 4.69) is 0 Å². The van der Waals surface area contributed by atoms with Gasteiger partial charge in [-0.2, -0.15) is 0 Å². The first-order valence-electron chi connectivity index (χ1n) is 3.48. The molecule has 0 nitrogen and oxygen atoms in total. The zero-order valence-electron chi connectivity index (χ0n) is 6.62. The van der Waals surface area contributed by atoms with Crippen LogP contribution in [-0.4, -0.2) is 6.98 Å². The molecule has 1 rings (SSSR count). The smallest absolute Gasteiger partial charge is 0.445 e. The molecule has 1 aromatic carbocycles. The number of hydrogen-bond acceptors (Lipinski definition) is 0. The molecule has 0 atom stereocenters. The SMILES string of the molecule is Cc1ccc([B-](F)(F)F)c(F)c1F. The van der Waals surface area contributed by atoms with Crippen molar-refractivity contribution in [1.82, 2.24) is 0 Å². The Morgan fingerprint density at radius 2 is 1.54 bits per heavy atom. The number of halogens is 5. The number of aryl methyl sites for hydroxylation is 1. The van der Waals surface area contributed by atoms with E-state index in [0.717, 1.165) is 6.07 Å². The van der Waals surface area contributed by atoms with E-state index in [1.807, 2.05) is 0 Å². The van der Waals surface area contributed by atoms with Crippen molar-refractivity contribution in [1.29, 1.82) is 0 Å². The highest BCUT2D eigenvalue weighted by Gasteiger charge is 2.30. The first-order valence-corrected chi connectivity index (χ1v) is 3.48. The van der Waals surface area contributed by atoms with Crippen molar-refractivity contribution in [2.24, 2.45) is 0 Å².